The highest BCUT2D eigenvalue weighted by Crippen LogP contribution is 2.25. The topological polar surface area (TPSA) is 124 Å². The Kier molecular flexibility index (Phi) is 9.57. The molecule has 5 rings (SSSR count). The van der Waals surface area contributed by atoms with Crippen molar-refractivity contribution in [3.8, 4) is 11.4 Å². The molecule has 232 valence electrons. The Morgan fingerprint density at radius 3 is 2.55 bits per heavy atom. The number of fused-ring (bicyclic) bond motifs is 1. The Balaban J connectivity index is 1.32. The van der Waals surface area contributed by atoms with E-state index in [0.29, 0.717) is 17.9 Å². The van der Waals surface area contributed by atoms with Gasteiger partial charge in [-0.2, -0.15) is 0 Å². The fourth-order valence-electron chi connectivity index (χ4n) is 5.38. The summed E-state index contributed by atoms with van der Waals surface area (Å²) in [7, 11) is -3.61. The van der Waals surface area contributed by atoms with Gasteiger partial charge in [-0.3, -0.25) is 9.78 Å². The van der Waals surface area contributed by atoms with E-state index < -0.39 is 9.84 Å². The summed E-state index contributed by atoms with van der Waals surface area (Å²) in [5.74, 6) is 0.361. The van der Waals surface area contributed by atoms with Gasteiger partial charge in [0.2, 0.25) is 0 Å². The molecular weight excluding hydrogens is 578 g/mol. The summed E-state index contributed by atoms with van der Waals surface area (Å²) in [6.45, 7) is 11.8. The Hall–Kier alpha value is -3.93. The summed E-state index contributed by atoms with van der Waals surface area (Å²) in [6.07, 6.45) is 1.99. The van der Waals surface area contributed by atoms with Gasteiger partial charge in [-0.05, 0) is 88.2 Å². The second-order valence-corrected chi connectivity index (χ2v) is 13.3. The van der Waals surface area contributed by atoms with Crippen LogP contribution in [-0.4, -0.2) is 73.5 Å². The number of ether oxygens (including phenoxy) is 2. The molecule has 1 aromatic carbocycles. The van der Waals surface area contributed by atoms with E-state index in [-0.39, 0.29) is 47.5 Å². The van der Waals surface area contributed by atoms with Gasteiger partial charge in [-0.1, -0.05) is 6.07 Å². The molecule has 11 heteroatoms. The van der Waals surface area contributed by atoms with Gasteiger partial charge < -0.3 is 19.7 Å². The first-order valence-corrected chi connectivity index (χ1v) is 16.5. The molecule has 10 nitrogen and oxygen atoms in total. The highest BCUT2D eigenvalue weighted by Gasteiger charge is 2.24. The summed E-state index contributed by atoms with van der Waals surface area (Å²) in [6, 6.07) is 14.8. The minimum atomic E-state index is -3.61. The van der Waals surface area contributed by atoms with Crippen molar-refractivity contribution < 1.29 is 22.7 Å². The molecule has 4 heterocycles. The lowest BCUT2D eigenvalue weighted by atomic mass is 10.1. The molecule has 0 radical (unpaired) electrons. The molecule has 1 saturated heterocycles. The lowest BCUT2D eigenvalue weighted by molar-refractivity contribution is -0.00545. The maximum atomic E-state index is 13.1. The number of morpholine rings is 1. The van der Waals surface area contributed by atoms with E-state index in [0.717, 1.165) is 46.8 Å². The van der Waals surface area contributed by atoms with E-state index in [1.54, 1.807) is 26.1 Å². The van der Waals surface area contributed by atoms with Gasteiger partial charge >= 0.3 is 0 Å². The van der Waals surface area contributed by atoms with Crippen LogP contribution in [0.2, 0.25) is 0 Å². The molecule has 0 aliphatic carbocycles. The van der Waals surface area contributed by atoms with E-state index in [9.17, 15) is 13.2 Å². The first-order chi connectivity index (χ1) is 21.0. The second kappa shape index (κ2) is 13.4. The summed E-state index contributed by atoms with van der Waals surface area (Å²) in [5.41, 5.74) is 4.50. The van der Waals surface area contributed by atoms with Crippen molar-refractivity contribution >= 4 is 32.5 Å². The molecule has 0 bridgehead atoms. The number of benzene rings is 1. The fourth-order valence-corrected chi connectivity index (χ4v) is 6.87. The molecule has 1 aliphatic heterocycles. The van der Waals surface area contributed by atoms with Crippen molar-refractivity contribution in [1.29, 1.82) is 0 Å². The largest absolute Gasteiger partial charge is 0.381 e. The Morgan fingerprint density at radius 1 is 1.05 bits per heavy atom. The van der Waals surface area contributed by atoms with Crippen LogP contribution in [0.15, 0.2) is 59.6 Å². The molecule has 1 amide bonds. The van der Waals surface area contributed by atoms with Gasteiger partial charge in [-0.15, -0.1) is 0 Å². The van der Waals surface area contributed by atoms with Gasteiger partial charge in [0.1, 0.15) is 5.82 Å². The Bertz CT molecular complexity index is 1770. The van der Waals surface area contributed by atoms with E-state index in [1.807, 2.05) is 43.3 Å². The zero-order chi connectivity index (χ0) is 31.4. The molecule has 0 saturated carbocycles. The highest BCUT2D eigenvalue weighted by atomic mass is 32.2. The number of rotatable bonds is 10. The van der Waals surface area contributed by atoms with Crippen LogP contribution in [-0.2, 0) is 25.9 Å². The number of pyridine rings is 3. The normalized spacial score (nSPS) is 17.2. The third kappa shape index (κ3) is 7.23. The monoisotopic (exact) mass is 617 g/mol. The van der Waals surface area contributed by atoms with Crippen LogP contribution in [0.25, 0.3) is 22.3 Å². The molecule has 4 aromatic rings. The van der Waals surface area contributed by atoms with Gasteiger partial charge in [-0.25, -0.2) is 18.4 Å². The van der Waals surface area contributed by atoms with Crippen molar-refractivity contribution in [1.82, 2.24) is 20.3 Å². The third-order valence-corrected chi connectivity index (χ3v) is 9.52. The van der Waals surface area contributed by atoms with Gasteiger partial charge in [0.15, 0.2) is 9.84 Å². The minimum absolute atomic E-state index is 0.102. The van der Waals surface area contributed by atoms with Crippen molar-refractivity contribution in [3.63, 3.8) is 0 Å². The van der Waals surface area contributed by atoms with Crippen molar-refractivity contribution in [2.75, 3.05) is 37.0 Å². The predicted molar refractivity (Wildman–Crippen MR) is 171 cm³/mol. The second-order valence-electron chi connectivity index (χ2n) is 11.2. The zero-order valence-electron chi connectivity index (χ0n) is 25.8. The minimum Gasteiger partial charge on any atom is -0.381 e. The molecule has 1 aliphatic rings. The quantitative estimate of drug-likeness (QED) is 0.253. The van der Waals surface area contributed by atoms with Crippen molar-refractivity contribution in [3.05, 3.63) is 77.1 Å². The third-order valence-electron chi connectivity index (χ3n) is 7.72. The number of anilines is 1. The summed E-state index contributed by atoms with van der Waals surface area (Å²) >= 11 is 0. The van der Waals surface area contributed by atoms with Crippen LogP contribution >= 0.6 is 0 Å². The number of sulfone groups is 1. The number of hydrogen-bond acceptors (Lipinski definition) is 9. The Labute approximate surface area is 258 Å². The molecule has 1 N–H and O–H groups in total. The number of aromatic nitrogens is 3. The summed E-state index contributed by atoms with van der Waals surface area (Å²) in [5, 5.41) is 3.75. The number of carbonyl (C=O) groups excluding carboxylic acids is 1. The average molecular weight is 618 g/mol. The number of aryl methyl sites for hydroxylation is 1. The van der Waals surface area contributed by atoms with Crippen molar-refractivity contribution in [2.45, 2.75) is 58.3 Å². The maximum Gasteiger partial charge on any atom is 0.251 e. The highest BCUT2D eigenvalue weighted by molar-refractivity contribution is 7.91. The van der Waals surface area contributed by atoms with Crippen LogP contribution in [0.1, 0.15) is 48.0 Å². The standard InChI is InChI=1S/C33H39N5O5S/c1-6-42-12-13-44(40,41)31-15-26(14-21(2)24(31)5)33(39)35-18-27-16-30-25(17-34-27)10-11-29(36-30)28-8-7-9-32(37-28)38-19-22(3)43-23(4)20-38/h7-11,14-17,22-23H,6,12-13,18-20H2,1-5H3,(H,35,39)/t22-,23+. The van der Waals surface area contributed by atoms with E-state index in [1.165, 1.54) is 6.07 Å². The van der Waals surface area contributed by atoms with E-state index in [2.05, 4.69) is 29.0 Å². The summed E-state index contributed by atoms with van der Waals surface area (Å²) in [4.78, 5) is 29.8. The predicted octanol–water partition coefficient (Wildman–Crippen LogP) is 4.66. The maximum absolute atomic E-state index is 13.1. The zero-order valence-corrected chi connectivity index (χ0v) is 26.6. The van der Waals surface area contributed by atoms with Crippen LogP contribution < -0.4 is 10.2 Å². The van der Waals surface area contributed by atoms with Crippen LogP contribution in [0.3, 0.4) is 0 Å². The van der Waals surface area contributed by atoms with Crippen molar-refractivity contribution in [2.24, 2.45) is 0 Å². The molecule has 1 fully saturated rings. The molecule has 0 spiro atoms. The summed E-state index contributed by atoms with van der Waals surface area (Å²) < 4.78 is 37.1. The molecule has 44 heavy (non-hydrogen) atoms. The number of hydrogen-bond donors (Lipinski definition) is 1. The number of carbonyl (C=O) groups is 1. The van der Waals surface area contributed by atoms with Crippen LogP contribution in [0.4, 0.5) is 5.82 Å². The molecular formula is C33H39N5O5S. The fraction of sp³-hybridized carbons (Fsp3) is 0.394. The SMILES string of the molecule is CCOCCS(=O)(=O)c1cc(C(=O)NCc2cc3nc(-c4cccc(N5C[C@@H](C)O[C@@H](C)C5)n4)ccc3cn2)cc(C)c1C. The molecule has 3 aromatic heterocycles. The lowest BCUT2D eigenvalue weighted by Gasteiger charge is -2.36. The van der Waals surface area contributed by atoms with Gasteiger partial charge in [0, 0.05) is 36.8 Å². The number of nitrogens with one attached hydrogen (secondary N) is 1. The molecule has 2 atom stereocenters. The molecule has 0 unspecified atom stereocenters. The van der Waals surface area contributed by atoms with Crippen LogP contribution in [0.5, 0.6) is 0 Å². The van der Waals surface area contributed by atoms with E-state index >= 15 is 0 Å². The number of amides is 1. The first-order valence-electron chi connectivity index (χ1n) is 14.9. The first kappa shape index (κ1) is 31.5. The smallest absolute Gasteiger partial charge is 0.251 e. The lowest BCUT2D eigenvalue weighted by Crippen LogP contribution is -2.45. The van der Waals surface area contributed by atoms with Gasteiger partial charge in [0.25, 0.3) is 5.91 Å². The van der Waals surface area contributed by atoms with Crippen LogP contribution in [0, 0.1) is 13.8 Å². The van der Waals surface area contributed by atoms with E-state index in [4.69, 9.17) is 19.4 Å². The Morgan fingerprint density at radius 2 is 1.80 bits per heavy atom. The average Bonchev–Trinajstić information content (AvgIpc) is 3.00. The number of nitrogens with zero attached hydrogens (tertiary/aromatic N) is 4. The van der Waals surface area contributed by atoms with Gasteiger partial charge in [0.05, 0.1) is 58.6 Å².